The molecule has 39 heavy (non-hydrogen) atoms. The summed E-state index contributed by atoms with van der Waals surface area (Å²) in [5.74, 6) is -6.03. The van der Waals surface area contributed by atoms with Crippen LogP contribution in [0, 0.1) is 23.6 Å². The molecule has 2 aliphatic rings. The molecule has 10 nitrogen and oxygen atoms in total. The minimum atomic E-state index is -1.08. The van der Waals surface area contributed by atoms with Gasteiger partial charge in [-0.1, -0.05) is 17.7 Å². The molecule has 0 spiro atoms. The first-order valence-electron chi connectivity index (χ1n) is 12.1. The van der Waals surface area contributed by atoms with Gasteiger partial charge in [0.2, 0.25) is 23.6 Å². The van der Waals surface area contributed by atoms with Crippen molar-refractivity contribution < 1.29 is 23.6 Å². The summed E-state index contributed by atoms with van der Waals surface area (Å²) in [6, 6.07) is 14.7. The molecule has 3 atom stereocenters. The highest BCUT2D eigenvalue weighted by Gasteiger charge is 2.63. The number of carbonyl (C=O) groups is 4. The summed E-state index contributed by atoms with van der Waals surface area (Å²) in [4.78, 5) is 64.8. The van der Waals surface area contributed by atoms with Crippen LogP contribution in [0.5, 0.6) is 0 Å². The molecule has 0 bridgehead atoms. The van der Waals surface area contributed by atoms with Gasteiger partial charge in [0.25, 0.3) is 5.56 Å². The summed E-state index contributed by atoms with van der Waals surface area (Å²) in [5.41, 5.74) is 0.171. The van der Waals surface area contributed by atoms with E-state index in [1.807, 2.05) is 0 Å². The smallest absolute Gasteiger partial charge is 0.255 e. The first-order chi connectivity index (χ1) is 18.7. The van der Waals surface area contributed by atoms with Crippen LogP contribution in [0.4, 0.5) is 15.8 Å². The molecule has 3 N–H and O–H groups in total. The zero-order valence-electron chi connectivity index (χ0n) is 20.4. The van der Waals surface area contributed by atoms with Crippen molar-refractivity contribution in [1.82, 2.24) is 14.8 Å². The maximum Gasteiger partial charge on any atom is 0.255 e. The second-order valence-corrected chi connectivity index (χ2v) is 9.68. The van der Waals surface area contributed by atoms with Crippen molar-refractivity contribution in [2.45, 2.75) is 0 Å². The quantitative estimate of drug-likeness (QED) is 0.432. The monoisotopic (exact) mass is 551 g/mol. The predicted octanol–water partition coefficient (Wildman–Crippen LogP) is 2.03. The van der Waals surface area contributed by atoms with Gasteiger partial charge in [-0.25, -0.2) is 4.39 Å². The Morgan fingerprint density at radius 2 is 1.64 bits per heavy atom. The third-order valence-corrected chi connectivity index (χ3v) is 6.94. The largest absolute Gasteiger partial charge is 0.353 e. The first-order valence-corrected chi connectivity index (χ1v) is 12.5. The van der Waals surface area contributed by atoms with Crippen LogP contribution in [-0.4, -0.2) is 52.7 Å². The third kappa shape index (κ3) is 5.53. The zero-order valence-corrected chi connectivity index (χ0v) is 21.2. The summed E-state index contributed by atoms with van der Waals surface area (Å²) >= 11 is 5.90. The molecule has 1 aromatic heterocycles. The van der Waals surface area contributed by atoms with Gasteiger partial charge in [-0.2, -0.15) is 0 Å². The van der Waals surface area contributed by atoms with Gasteiger partial charge in [0.05, 0.1) is 35.7 Å². The average molecular weight is 552 g/mol. The predicted molar refractivity (Wildman–Crippen MR) is 141 cm³/mol. The molecule has 12 heteroatoms. The van der Waals surface area contributed by atoms with Crippen LogP contribution in [0.25, 0.3) is 5.69 Å². The number of pyridine rings is 1. The highest BCUT2D eigenvalue weighted by atomic mass is 35.5. The van der Waals surface area contributed by atoms with Gasteiger partial charge in [-0.15, -0.1) is 0 Å². The summed E-state index contributed by atoms with van der Waals surface area (Å²) in [7, 11) is 0. The standard InChI is InChI=1S/C27H23ClFN5O5/c28-15-4-6-16(7-5-15)31-25(37)22-23(24(22)27(39)33-12-10-30-20(35)14-33)26(38)32-19-9-8-17(13-18(19)29)34-11-2-1-3-21(34)36/h1-9,11,13,22-24H,10,12,14H2,(H,30,35)(H,31,37)(H,32,38)/t22-,23+,24+/m1/s1. The number of benzene rings is 2. The van der Waals surface area contributed by atoms with Gasteiger partial charge in [-0.3, -0.25) is 28.5 Å². The lowest BCUT2D eigenvalue weighted by atomic mass is 10.2. The van der Waals surface area contributed by atoms with E-state index in [4.69, 9.17) is 11.6 Å². The van der Waals surface area contributed by atoms with Crippen LogP contribution in [0.2, 0.25) is 5.02 Å². The van der Waals surface area contributed by atoms with Crippen LogP contribution < -0.4 is 21.5 Å². The van der Waals surface area contributed by atoms with Crippen LogP contribution in [-0.2, 0) is 19.2 Å². The number of nitrogens with one attached hydrogen (secondary N) is 3. The van der Waals surface area contributed by atoms with Crippen molar-refractivity contribution in [2.75, 3.05) is 30.3 Å². The first kappa shape index (κ1) is 26.1. The fraction of sp³-hybridized carbons (Fsp3) is 0.222. The van der Waals surface area contributed by atoms with Gasteiger partial charge >= 0.3 is 0 Å². The maximum absolute atomic E-state index is 14.9. The van der Waals surface area contributed by atoms with Gasteiger partial charge in [0.15, 0.2) is 0 Å². The molecule has 2 aromatic carbocycles. The van der Waals surface area contributed by atoms with E-state index in [1.165, 1.54) is 33.9 Å². The Balaban J connectivity index is 1.35. The summed E-state index contributed by atoms with van der Waals surface area (Å²) in [6.45, 7) is 0.331. The Morgan fingerprint density at radius 1 is 0.923 bits per heavy atom. The minimum Gasteiger partial charge on any atom is -0.353 e. The third-order valence-electron chi connectivity index (χ3n) is 6.68. The Bertz CT molecular complexity index is 1530. The number of nitrogens with zero attached hydrogens (tertiary/aromatic N) is 2. The molecular formula is C27H23ClFN5O5. The number of hydrogen-bond donors (Lipinski definition) is 3. The number of rotatable bonds is 6. The molecule has 200 valence electrons. The summed E-state index contributed by atoms with van der Waals surface area (Å²) < 4.78 is 16.2. The van der Waals surface area contributed by atoms with Crippen molar-refractivity contribution in [1.29, 1.82) is 0 Å². The van der Waals surface area contributed by atoms with Gasteiger partial charge < -0.3 is 20.9 Å². The van der Waals surface area contributed by atoms with Gasteiger partial charge in [0, 0.05) is 42.1 Å². The number of amides is 4. The van der Waals surface area contributed by atoms with E-state index in [2.05, 4.69) is 16.0 Å². The fourth-order valence-electron chi connectivity index (χ4n) is 4.68. The van der Waals surface area contributed by atoms with E-state index in [9.17, 15) is 28.4 Å². The van der Waals surface area contributed by atoms with Crippen molar-refractivity contribution in [3.05, 3.63) is 88.1 Å². The van der Waals surface area contributed by atoms with Crippen LogP contribution in [0.15, 0.2) is 71.7 Å². The molecule has 1 aliphatic carbocycles. The molecule has 1 aliphatic heterocycles. The number of hydrogen-bond acceptors (Lipinski definition) is 5. The molecule has 0 radical (unpaired) electrons. The molecule has 4 amide bonds. The van der Waals surface area contributed by atoms with E-state index in [1.54, 1.807) is 36.4 Å². The van der Waals surface area contributed by atoms with Crippen molar-refractivity contribution >= 4 is 46.6 Å². The van der Waals surface area contributed by atoms with Gasteiger partial charge in [-0.05, 0) is 42.5 Å². The molecule has 1 saturated carbocycles. The Labute approximate surface area is 226 Å². The van der Waals surface area contributed by atoms with E-state index in [0.717, 1.165) is 6.07 Å². The number of anilines is 2. The zero-order chi connectivity index (χ0) is 27.7. The van der Waals surface area contributed by atoms with Crippen LogP contribution in [0.1, 0.15) is 0 Å². The lowest BCUT2D eigenvalue weighted by Gasteiger charge is -2.26. The second kappa shape index (κ2) is 10.7. The maximum atomic E-state index is 14.9. The van der Waals surface area contributed by atoms with Crippen molar-refractivity contribution in [3.8, 4) is 5.69 Å². The average Bonchev–Trinajstić information content (AvgIpc) is 3.67. The highest BCUT2D eigenvalue weighted by Crippen LogP contribution is 2.49. The Morgan fingerprint density at radius 3 is 2.31 bits per heavy atom. The molecule has 0 unspecified atom stereocenters. The molecular weight excluding hydrogens is 529 g/mol. The SMILES string of the molecule is O=C1CN(C(=O)[C@H]2[C@H](C(=O)Nc3ccc(Cl)cc3)[C@@H]2C(=O)Nc2ccc(-n3ccccc3=O)cc2F)CCN1. The van der Waals surface area contributed by atoms with Crippen molar-refractivity contribution in [3.63, 3.8) is 0 Å². The van der Waals surface area contributed by atoms with E-state index in [0.29, 0.717) is 10.7 Å². The number of aromatic nitrogens is 1. The summed E-state index contributed by atoms with van der Waals surface area (Å²) in [6.07, 6.45) is 1.49. The Hall–Kier alpha value is -4.51. The Kier molecular flexibility index (Phi) is 7.16. The van der Waals surface area contributed by atoms with E-state index >= 15 is 0 Å². The van der Waals surface area contributed by atoms with Gasteiger partial charge in [0.1, 0.15) is 5.82 Å². The normalized spacial score (nSPS) is 20.1. The van der Waals surface area contributed by atoms with Crippen molar-refractivity contribution in [2.24, 2.45) is 17.8 Å². The molecule has 2 heterocycles. The number of halogens is 2. The number of carbonyl (C=O) groups excluding carboxylic acids is 4. The fourth-order valence-corrected chi connectivity index (χ4v) is 4.80. The van der Waals surface area contributed by atoms with E-state index in [-0.39, 0.29) is 42.5 Å². The minimum absolute atomic E-state index is 0.167. The lowest BCUT2D eigenvalue weighted by molar-refractivity contribution is -0.140. The summed E-state index contributed by atoms with van der Waals surface area (Å²) in [5, 5.41) is 8.25. The van der Waals surface area contributed by atoms with Crippen LogP contribution in [0.3, 0.4) is 0 Å². The molecule has 3 aromatic rings. The number of piperazine rings is 1. The lowest BCUT2D eigenvalue weighted by Crippen LogP contribution is -2.50. The molecule has 2 fully saturated rings. The van der Waals surface area contributed by atoms with E-state index < -0.39 is 41.3 Å². The molecule has 5 rings (SSSR count). The van der Waals surface area contributed by atoms with Crippen LogP contribution >= 0.6 is 11.6 Å². The highest BCUT2D eigenvalue weighted by molar-refractivity contribution is 6.30. The topological polar surface area (TPSA) is 130 Å². The second-order valence-electron chi connectivity index (χ2n) is 9.25. The molecule has 1 saturated heterocycles.